The predicted octanol–water partition coefficient (Wildman–Crippen LogP) is 6.61. The molecule has 10 heteroatoms. The molecule has 0 unspecified atom stereocenters. The van der Waals surface area contributed by atoms with Gasteiger partial charge in [0.05, 0.1) is 16.9 Å². The molecule has 1 N–H and O–H groups in total. The molecule has 2 aromatic rings. The van der Waals surface area contributed by atoms with Crippen molar-refractivity contribution in [3.63, 3.8) is 0 Å². The van der Waals surface area contributed by atoms with Crippen LogP contribution in [0.4, 0.5) is 42.1 Å². The monoisotopic (exact) mass is 403 g/mol. The standard InChI is InChI=1S/C15H8F7NS.ClH/c16-13(17,14(18,19)15(20,21)22)8-4-3-7-11-12(8)23-9-5-1-2-6-10(9)24-11;/h1-7,23H;1H. The van der Waals surface area contributed by atoms with Gasteiger partial charge in [0.2, 0.25) is 0 Å². The van der Waals surface area contributed by atoms with Crippen LogP contribution in [-0.2, 0) is 5.92 Å². The van der Waals surface area contributed by atoms with Gasteiger partial charge >= 0.3 is 18.0 Å². The van der Waals surface area contributed by atoms with E-state index in [9.17, 15) is 30.7 Å². The Hall–Kier alpha value is -1.61. The number of hydrogen-bond donors (Lipinski definition) is 1. The molecule has 0 fully saturated rings. The molecule has 136 valence electrons. The second-order valence-electron chi connectivity index (χ2n) is 5.05. The fourth-order valence-electron chi connectivity index (χ4n) is 2.27. The van der Waals surface area contributed by atoms with Gasteiger partial charge in [0, 0.05) is 9.79 Å². The number of halogens is 8. The Bertz CT molecular complexity index is 792. The molecular weight excluding hydrogens is 395 g/mol. The summed E-state index contributed by atoms with van der Waals surface area (Å²) in [5, 5.41) is 2.54. The first-order chi connectivity index (χ1) is 11.1. The van der Waals surface area contributed by atoms with Gasteiger partial charge in [-0.25, -0.2) is 0 Å². The highest BCUT2D eigenvalue weighted by Gasteiger charge is 2.74. The molecule has 0 saturated heterocycles. The Balaban J connectivity index is 0.00000225. The summed E-state index contributed by atoms with van der Waals surface area (Å²) in [5.74, 6) is -11.6. The molecular formula is C15H9ClF7NS. The molecule has 0 amide bonds. The lowest BCUT2D eigenvalue weighted by atomic mass is 9.99. The van der Waals surface area contributed by atoms with Gasteiger partial charge in [0.1, 0.15) is 0 Å². The topological polar surface area (TPSA) is 12.0 Å². The highest BCUT2D eigenvalue weighted by atomic mass is 35.5. The van der Waals surface area contributed by atoms with Crippen molar-refractivity contribution in [2.24, 2.45) is 0 Å². The second kappa shape index (κ2) is 6.28. The zero-order valence-electron chi connectivity index (χ0n) is 12.0. The molecule has 0 saturated carbocycles. The molecule has 1 nitrogen and oxygen atoms in total. The third-order valence-corrected chi connectivity index (χ3v) is 4.62. The second-order valence-corrected chi connectivity index (χ2v) is 6.13. The Morgan fingerprint density at radius 2 is 1.36 bits per heavy atom. The van der Waals surface area contributed by atoms with Crippen LogP contribution in [0.5, 0.6) is 0 Å². The van der Waals surface area contributed by atoms with Crippen LogP contribution in [-0.4, -0.2) is 12.1 Å². The maximum Gasteiger partial charge on any atom is 0.460 e. The van der Waals surface area contributed by atoms with Gasteiger partial charge in [-0.1, -0.05) is 36.0 Å². The number of rotatable bonds is 2. The zero-order valence-corrected chi connectivity index (χ0v) is 13.6. The van der Waals surface area contributed by atoms with Crippen LogP contribution in [0.15, 0.2) is 52.3 Å². The van der Waals surface area contributed by atoms with E-state index >= 15 is 0 Å². The van der Waals surface area contributed by atoms with Crippen molar-refractivity contribution in [1.82, 2.24) is 0 Å². The van der Waals surface area contributed by atoms with Gasteiger partial charge in [-0.3, -0.25) is 0 Å². The molecule has 0 atom stereocenters. The smallest absolute Gasteiger partial charge is 0.353 e. The van der Waals surface area contributed by atoms with Gasteiger partial charge in [0.25, 0.3) is 0 Å². The van der Waals surface area contributed by atoms with E-state index in [-0.39, 0.29) is 17.3 Å². The summed E-state index contributed by atoms with van der Waals surface area (Å²) in [5.41, 5.74) is -1.49. The molecule has 1 aliphatic heterocycles. The number of benzene rings is 2. The minimum absolute atomic E-state index is 0. The maximum atomic E-state index is 14.1. The van der Waals surface area contributed by atoms with Gasteiger partial charge < -0.3 is 5.32 Å². The number of fused-ring (bicyclic) bond motifs is 2. The van der Waals surface area contributed by atoms with Gasteiger partial charge in [-0.05, 0) is 18.2 Å². The SMILES string of the molecule is Cl.FC(F)(F)C(F)(F)C(F)(F)c1cccc2c1Nc1ccccc1S2. The fourth-order valence-corrected chi connectivity index (χ4v) is 3.29. The Morgan fingerprint density at radius 3 is 2.00 bits per heavy atom. The van der Waals surface area contributed by atoms with E-state index in [0.717, 1.165) is 17.8 Å². The maximum absolute atomic E-state index is 14.1. The molecule has 0 aromatic heterocycles. The molecule has 0 radical (unpaired) electrons. The molecule has 2 aromatic carbocycles. The largest absolute Gasteiger partial charge is 0.460 e. The average molecular weight is 404 g/mol. The van der Waals surface area contributed by atoms with Crippen LogP contribution in [0.2, 0.25) is 0 Å². The molecule has 1 heterocycles. The molecule has 0 spiro atoms. The quantitative estimate of drug-likeness (QED) is 0.483. The summed E-state index contributed by atoms with van der Waals surface area (Å²) < 4.78 is 92.1. The lowest BCUT2D eigenvalue weighted by molar-refractivity contribution is -0.359. The van der Waals surface area contributed by atoms with Crippen LogP contribution in [0.25, 0.3) is 0 Å². The van der Waals surface area contributed by atoms with E-state index < -0.39 is 29.3 Å². The highest BCUT2D eigenvalue weighted by Crippen LogP contribution is 2.56. The van der Waals surface area contributed by atoms with Crippen molar-refractivity contribution < 1.29 is 30.7 Å². The molecule has 0 aliphatic carbocycles. The number of para-hydroxylation sites is 2. The van der Waals surface area contributed by atoms with E-state index in [1.807, 2.05) is 0 Å². The highest BCUT2D eigenvalue weighted by molar-refractivity contribution is 7.99. The van der Waals surface area contributed by atoms with E-state index in [1.165, 1.54) is 12.1 Å². The number of alkyl halides is 7. The number of nitrogens with one attached hydrogen (secondary N) is 1. The van der Waals surface area contributed by atoms with Crippen molar-refractivity contribution in [3.05, 3.63) is 48.0 Å². The van der Waals surface area contributed by atoms with Gasteiger partial charge in [0.15, 0.2) is 0 Å². The summed E-state index contributed by atoms with van der Waals surface area (Å²) in [4.78, 5) is 0.789. The van der Waals surface area contributed by atoms with Crippen LogP contribution in [0, 0.1) is 0 Å². The van der Waals surface area contributed by atoms with Crippen LogP contribution in [0.3, 0.4) is 0 Å². The first-order valence-corrected chi connectivity index (χ1v) is 7.37. The molecule has 0 bridgehead atoms. The Kier molecular flexibility index (Phi) is 4.95. The normalized spacial score (nSPS) is 14.0. The van der Waals surface area contributed by atoms with E-state index in [1.54, 1.807) is 18.2 Å². The Labute approximate surface area is 148 Å². The fraction of sp³-hybridized carbons (Fsp3) is 0.200. The summed E-state index contributed by atoms with van der Waals surface area (Å²) in [6, 6.07) is 9.43. The zero-order chi connectivity index (χ0) is 17.8. The predicted molar refractivity (Wildman–Crippen MR) is 82.4 cm³/mol. The van der Waals surface area contributed by atoms with E-state index in [4.69, 9.17) is 0 Å². The summed E-state index contributed by atoms with van der Waals surface area (Å²) in [6.45, 7) is 0. The van der Waals surface area contributed by atoms with Crippen LogP contribution < -0.4 is 5.32 Å². The first kappa shape index (κ1) is 19.7. The van der Waals surface area contributed by atoms with Crippen molar-refractivity contribution in [1.29, 1.82) is 0 Å². The minimum Gasteiger partial charge on any atom is -0.353 e. The van der Waals surface area contributed by atoms with Crippen LogP contribution in [0.1, 0.15) is 5.56 Å². The summed E-state index contributed by atoms with van der Waals surface area (Å²) in [6.07, 6.45) is -6.38. The third-order valence-electron chi connectivity index (χ3n) is 3.48. The lowest BCUT2D eigenvalue weighted by Crippen LogP contribution is -2.50. The van der Waals surface area contributed by atoms with E-state index in [2.05, 4.69) is 5.32 Å². The van der Waals surface area contributed by atoms with Crippen molar-refractivity contribution in [3.8, 4) is 0 Å². The first-order valence-electron chi connectivity index (χ1n) is 6.55. The number of hydrogen-bond acceptors (Lipinski definition) is 2. The molecule has 25 heavy (non-hydrogen) atoms. The third kappa shape index (κ3) is 3.03. The lowest BCUT2D eigenvalue weighted by Gasteiger charge is -2.31. The van der Waals surface area contributed by atoms with E-state index in [0.29, 0.717) is 16.6 Å². The Morgan fingerprint density at radius 1 is 0.760 bits per heavy atom. The number of anilines is 2. The van der Waals surface area contributed by atoms with Crippen LogP contribution >= 0.6 is 24.2 Å². The van der Waals surface area contributed by atoms with Gasteiger partial charge in [-0.15, -0.1) is 12.4 Å². The summed E-state index contributed by atoms with van der Waals surface area (Å²) >= 11 is 1.01. The molecule has 1 aliphatic rings. The van der Waals surface area contributed by atoms with Gasteiger partial charge in [-0.2, -0.15) is 30.7 Å². The molecule has 3 rings (SSSR count). The summed E-state index contributed by atoms with van der Waals surface area (Å²) in [7, 11) is 0. The average Bonchev–Trinajstić information content (AvgIpc) is 2.50. The van der Waals surface area contributed by atoms with Crippen molar-refractivity contribution in [2.75, 3.05) is 5.32 Å². The van der Waals surface area contributed by atoms with Crippen molar-refractivity contribution in [2.45, 2.75) is 27.8 Å². The van der Waals surface area contributed by atoms with Crippen molar-refractivity contribution >= 4 is 35.5 Å². The minimum atomic E-state index is -6.38.